The Morgan fingerprint density at radius 3 is 2.39 bits per heavy atom. The third kappa shape index (κ3) is 4.52. The van der Waals surface area contributed by atoms with Crippen LogP contribution in [0, 0.1) is 0 Å². The van der Waals surface area contributed by atoms with Crippen LogP contribution in [-0.4, -0.2) is 37.0 Å². The van der Waals surface area contributed by atoms with Gasteiger partial charge in [-0.15, -0.1) is 0 Å². The van der Waals surface area contributed by atoms with E-state index in [4.69, 9.17) is 14.2 Å². The summed E-state index contributed by atoms with van der Waals surface area (Å²) in [6.45, 7) is 2.70. The van der Waals surface area contributed by atoms with Crippen LogP contribution in [-0.2, 0) is 32.2 Å². The minimum Gasteiger partial charge on any atom is -0.497 e. The van der Waals surface area contributed by atoms with E-state index in [-0.39, 0.29) is 37.0 Å². The van der Waals surface area contributed by atoms with Crippen LogP contribution >= 0.6 is 0 Å². The van der Waals surface area contributed by atoms with Crippen LogP contribution in [0.5, 0.6) is 5.75 Å². The van der Waals surface area contributed by atoms with Gasteiger partial charge >= 0.3 is 5.97 Å². The van der Waals surface area contributed by atoms with E-state index in [9.17, 15) is 9.59 Å². The van der Waals surface area contributed by atoms with Crippen LogP contribution in [0.15, 0.2) is 65.9 Å². The van der Waals surface area contributed by atoms with Crippen molar-refractivity contribution in [2.45, 2.75) is 20.1 Å². The van der Waals surface area contributed by atoms with E-state index in [1.807, 2.05) is 54.6 Å². The molecule has 0 aromatic heterocycles. The van der Waals surface area contributed by atoms with Crippen molar-refractivity contribution in [2.75, 3.05) is 20.3 Å². The number of benzene rings is 2. The maximum Gasteiger partial charge on any atom is 0.339 e. The number of carbonyl (C=O) groups excluding carboxylic acids is 2. The van der Waals surface area contributed by atoms with Crippen molar-refractivity contribution in [1.82, 2.24) is 4.90 Å². The zero-order chi connectivity index (χ0) is 19.9. The highest BCUT2D eigenvalue weighted by molar-refractivity contribution is 6.05. The zero-order valence-corrected chi connectivity index (χ0v) is 16.0. The predicted molar refractivity (Wildman–Crippen MR) is 103 cm³/mol. The molecule has 0 saturated carbocycles. The molecule has 6 nitrogen and oxygen atoms in total. The fraction of sp³-hybridized carbons (Fsp3) is 0.273. The molecule has 1 heterocycles. The first-order valence-corrected chi connectivity index (χ1v) is 9.11. The van der Waals surface area contributed by atoms with Gasteiger partial charge in [0.05, 0.1) is 20.3 Å². The van der Waals surface area contributed by atoms with Crippen molar-refractivity contribution >= 4 is 11.9 Å². The minimum absolute atomic E-state index is 0.0656. The van der Waals surface area contributed by atoms with Crippen molar-refractivity contribution in [3.8, 4) is 5.75 Å². The largest absolute Gasteiger partial charge is 0.497 e. The lowest BCUT2D eigenvalue weighted by Crippen LogP contribution is -2.27. The lowest BCUT2D eigenvalue weighted by atomic mass is 10.2. The molecule has 0 bridgehead atoms. The van der Waals surface area contributed by atoms with Gasteiger partial charge in [0.1, 0.15) is 17.9 Å². The van der Waals surface area contributed by atoms with Crippen LogP contribution in [0.1, 0.15) is 18.1 Å². The van der Waals surface area contributed by atoms with Gasteiger partial charge < -0.3 is 19.1 Å². The number of ether oxygens (including phenoxy) is 3. The Morgan fingerprint density at radius 2 is 1.75 bits per heavy atom. The monoisotopic (exact) mass is 381 g/mol. The smallest absolute Gasteiger partial charge is 0.339 e. The molecule has 0 spiro atoms. The fourth-order valence-corrected chi connectivity index (χ4v) is 2.94. The molecule has 1 aliphatic rings. The summed E-state index contributed by atoms with van der Waals surface area (Å²) >= 11 is 0. The number of rotatable bonds is 8. The van der Waals surface area contributed by atoms with E-state index in [1.54, 1.807) is 18.9 Å². The standard InChI is InChI=1S/C22H23NO5/c1-3-27-22(25)19-14-23(13-16-9-11-18(26-2)12-10-16)21(24)20(19)28-15-17-7-5-4-6-8-17/h4-12H,3,13-15H2,1-2H3. The van der Waals surface area contributed by atoms with Gasteiger partial charge in [0.15, 0.2) is 5.76 Å². The predicted octanol–water partition coefficient (Wildman–Crippen LogP) is 3.07. The summed E-state index contributed by atoms with van der Waals surface area (Å²) in [6, 6.07) is 16.9. The Labute approximate surface area is 164 Å². The number of methoxy groups -OCH3 is 1. The van der Waals surface area contributed by atoms with E-state index < -0.39 is 5.97 Å². The highest BCUT2D eigenvalue weighted by Crippen LogP contribution is 2.25. The molecule has 0 aliphatic carbocycles. The first-order chi connectivity index (χ1) is 13.6. The molecule has 146 valence electrons. The molecule has 2 aromatic rings. The highest BCUT2D eigenvalue weighted by Gasteiger charge is 2.36. The summed E-state index contributed by atoms with van der Waals surface area (Å²) in [4.78, 5) is 26.8. The molecule has 0 saturated heterocycles. The summed E-state index contributed by atoms with van der Waals surface area (Å²) in [5.74, 6) is -0.0181. The van der Waals surface area contributed by atoms with Crippen LogP contribution in [0.25, 0.3) is 0 Å². The summed E-state index contributed by atoms with van der Waals surface area (Å²) in [5, 5.41) is 0. The molecular formula is C22H23NO5. The Hall–Kier alpha value is -3.28. The lowest BCUT2D eigenvalue weighted by molar-refractivity contribution is -0.138. The van der Waals surface area contributed by atoms with Crippen LogP contribution in [0.4, 0.5) is 0 Å². The van der Waals surface area contributed by atoms with Crippen molar-refractivity contribution in [2.24, 2.45) is 0 Å². The molecule has 28 heavy (non-hydrogen) atoms. The Bertz CT molecular complexity index is 858. The van der Waals surface area contributed by atoms with Gasteiger partial charge in [-0.1, -0.05) is 42.5 Å². The topological polar surface area (TPSA) is 65.1 Å². The average Bonchev–Trinajstić information content (AvgIpc) is 3.03. The molecule has 6 heteroatoms. The molecule has 0 unspecified atom stereocenters. The maximum absolute atomic E-state index is 12.9. The summed E-state index contributed by atoms with van der Waals surface area (Å²) in [6.07, 6.45) is 0. The summed E-state index contributed by atoms with van der Waals surface area (Å²) in [5.41, 5.74) is 2.11. The number of hydrogen-bond acceptors (Lipinski definition) is 5. The summed E-state index contributed by atoms with van der Waals surface area (Å²) < 4.78 is 16.0. The number of nitrogens with zero attached hydrogens (tertiary/aromatic N) is 1. The van der Waals surface area contributed by atoms with Crippen molar-refractivity contribution in [3.63, 3.8) is 0 Å². The molecule has 1 amide bonds. The second-order valence-corrected chi connectivity index (χ2v) is 6.31. The van der Waals surface area contributed by atoms with Gasteiger partial charge in [-0.3, -0.25) is 4.79 Å². The van der Waals surface area contributed by atoms with Crippen LogP contribution < -0.4 is 4.74 Å². The van der Waals surface area contributed by atoms with Crippen molar-refractivity contribution < 1.29 is 23.8 Å². The number of amides is 1. The van der Waals surface area contributed by atoms with E-state index in [1.165, 1.54) is 0 Å². The highest BCUT2D eigenvalue weighted by atomic mass is 16.5. The summed E-state index contributed by atoms with van der Waals surface area (Å²) in [7, 11) is 1.60. The van der Waals surface area contributed by atoms with Gasteiger partial charge in [-0.2, -0.15) is 0 Å². The lowest BCUT2D eigenvalue weighted by Gasteiger charge is -2.17. The first-order valence-electron chi connectivity index (χ1n) is 9.11. The van der Waals surface area contributed by atoms with Gasteiger partial charge in [-0.05, 0) is 30.2 Å². The van der Waals surface area contributed by atoms with Gasteiger partial charge in [0.2, 0.25) is 0 Å². The average molecular weight is 381 g/mol. The van der Waals surface area contributed by atoms with Gasteiger partial charge in [0.25, 0.3) is 5.91 Å². The Balaban J connectivity index is 1.75. The maximum atomic E-state index is 12.9. The number of esters is 1. The SMILES string of the molecule is CCOC(=O)C1=C(OCc2ccccc2)C(=O)N(Cc2ccc(OC)cc2)C1. The number of hydrogen-bond donors (Lipinski definition) is 0. The normalized spacial score (nSPS) is 13.6. The Morgan fingerprint density at radius 1 is 1.04 bits per heavy atom. The van der Waals surface area contributed by atoms with Crippen LogP contribution in [0.3, 0.4) is 0 Å². The molecule has 1 aliphatic heterocycles. The van der Waals surface area contributed by atoms with Gasteiger partial charge in [0, 0.05) is 6.54 Å². The van der Waals surface area contributed by atoms with Gasteiger partial charge in [-0.25, -0.2) is 4.79 Å². The molecule has 3 rings (SSSR count). The van der Waals surface area contributed by atoms with Crippen molar-refractivity contribution in [3.05, 3.63) is 77.1 Å². The van der Waals surface area contributed by atoms with E-state index >= 15 is 0 Å². The minimum atomic E-state index is -0.517. The second kappa shape index (κ2) is 9.08. The first kappa shape index (κ1) is 19.5. The van der Waals surface area contributed by atoms with E-state index in [0.29, 0.717) is 6.54 Å². The third-order valence-corrected chi connectivity index (χ3v) is 4.38. The third-order valence-electron chi connectivity index (χ3n) is 4.38. The zero-order valence-electron chi connectivity index (χ0n) is 16.0. The second-order valence-electron chi connectivity index (χ2n) is 6.31. The van der Waals surface area contributed by atoms with Crippen molar-refractivity contribution in [1.29, 1.82) is 0 Å². The fourth-order valence-electron chi connectivity index (χ4n) is 2.94. The molecular weight excluding hydrogens is 358 g/mol. The van der Waals surface area contributed by atoms with E-state index in [0.717, 1.165) is 16.9 Å². The molecule has 0 fully saturated rings. The quantitative estimate of drug-likeness (QED) is 0.658. The molecule has 0 atom stereocenters. The van der Waals surface area contributed by atoms with Crippen LogP contribution in [0.2, 0.25) is 0 Å². The molecule has 2 aromatic carbocycles. The number of carbonyl (C=O) groups is 2. The van der Waals surface area contributed by atoms with E-state index in [2.05, 4.69) is 0 Å². The Kier molecular flexibility index (Phi) is 6.32. The molecule has 0 radical (unpaired) electrons. The molecule has 0 N–H and O–H groups in total.